The van der Waals surface area contributed by atoms with Crippen LogP contribution >= 0.6 is 0 Å². The highest BCUT2D eigenvalue weighted by Gasteiger charge is 2.22. The molecule has 0 aromatic heterocycles. The van der Waals surface area contributed by atoms with Gasteiger partial charge in [-0.3, -0.25) is 14.4 Å². The van der Waals surface area contributed by atoms with Crippen LogP contribution in [0.15, 0.2) is 36.4 Å². The predicted molar refractivity (Wildman–Crippen MR) is 96.5 cm³/mol. The molecular weight excluding hydrogens is 302 g/mol. The first-order chi connectivity index (χ1) is 11.6. The van der Waals surface area contributed by atoms with Gasteiger partial charge in [-0.15, -0.1) is 0 Å². The quantitative estimate of drug-likeness (QED) is 0.354. The van der Waals surface area contributed by atoms with E-state index in [1.54, 1.807) is 11.0 Å². The fraction of sp³-hybridized carbons (Fsp3) is 0.450. The summed E-state index contributed by atoms with van der Waals surface area (Å²) in [5.74, 6) is -1.49. The van der Waals surface area contributed by atoms with Gasteiger partial charge in [-0.25, -0.2) is 0 Å². The Balaban J connectivity index is 2.58. The Hall–Kier alpha value is -2.23. The third-order valence-corrected chi connectivity index (χ3v) is 3.68. The molecule has 0 heterocycles. The first-order valence-electron chi connectivity index (χ1n) is 8.66. The largest absolute Gasteiger partial charge is 0.336 e. The van der Waals surface area contributed by atoms with Gasteiger partial charge < -0.3 is 4.90 Å². The first kappa shape index (κ1) is 19.8. The number of ketones is 2. The van der Waals surface area contributed by atoms with Gasteiger partial charge in [-0.05, 0) is 24.5 Å². The van der Waals surface area contributed by atoms with E-state index in [9.17, 15) is 14.4 Å². The van der Waals surface area contributed by atoms with Gasteiger partial charge >= 0.3 is 0 Å². The number of carbonyl (C=O) groups is 3. The van der Waals surface area contributed by atoms with Gasteiger partial charge in [0.05, 0.1) is 6.42 Å². The molecule has 0 fully saturated rings. The number of unbranched alkanes of at least 4 members (excludes halogenated alkanes) is 2. The van der Waals surface area contributed by atoms with Crippen LogP contribution in [0.5, 0.6) is 0 Å². The normalized spacial score (nSPS) is 10.8. The zero-order chi connectivity index (χ0) is 17.8. The zero-order valence-corrected chi connectivity index (χ0v) is 14.7. The molecule has 0 unspecified atom stereocenters. The second-order valence-corrected chi connectivity index (χ2v) is 5.81. The van der Waals surface area contributed by atoms with Crippen molar-refractivity contribution in [1.82, 2.24) is 4.90 Å². The van der Waals surface area contributed by atoms with Gasteiger partial charge in [0.2, 0.25) is 5.78 Å². The van der Waals surface area contributed by atoms with E-state index in [4.69, 9.17) is 0 Å². The molecule has 1 rings (SSSR count). The van der Waals surface area contributed by atoms with Gasteiger partial charge in [0.25, 0.3) is 5.91 Å². The summed E-state index contributed by atoms with van der Waals surface area (Å²) in [6, 6.07) is 9.38. The monoisotopic (exact) mass is 329 g/mol. The molecule has 1 aromatic carbocycles. The fourth-order valence-electron chi connectivity index (χ4n) is 2.24. The Morgan fingerprint density at radius 3 is 2.08 bits per heavy atom. The summed E-state index contributed by atoms with van der Waals surface area (Å²) in [4.78, 5) is 37.8. The number of hydrogen-bond donors (Lipinski definition) is 0. The predicted octanol–water partition coefficient (Wildman–Crippen LogP) is 3.66. The first-order valence-corrected chi connectivity index (χ1v) is 8.66. The van der Waals surface area contributed by atoms with E-state index in [0.717, 1.165) is 31.2 Å². The highest BCUT2D eigenvalue weighted by atomic mass is 16.2. The standard InChI is InChI=1S/C20H27NO3/c1-3-5-14-21(15-6-4-2)20(24)19(23)16-18(22)13-12-17-10-8-7-9-11-17/h7-13H,3-6,14-16H2,1-2H3/b13-12-. The molecular formula is C20H27NO3. The molecule has 0 radical (unpaired) electrons. The molecule has 4 nitrogen and oxygen atoms in total. The topological polar surface area (TPSA) is 54.5 Å². The van der Waals surface area contributed by atoms with Crippen molar-refractivity contribution >= 4 is 23.5 Å². The zero-order valence-electron chi connectivity index (χ0n) is 14.7. The smallest absolute Gasteiger partial charge is 0.290 e. The van der Waals surface area contributed by atoms with Crippen molar-refractivity contribution in [2.45, 2.75) is 46.0 Å². The molecule has 0 saturated heterocycles. The fourth-order valence-corrected chi connectivity index (χ4v) is 2.24. The van der Waals surface area contributed by atoms with E-state index in [1.807, 2.05) is 44.2 Å². The van der Waals surface area contributed by atoms with Gasteiger partial charge in [0.1, 0.15) is 0 Å². The summed E-state index contributed by atoms with van der Waals surface area (Å²) >= 11 is 0. The molecule has 1 amide bonds. The summed E-state index contributed by atoms with van der Waals surface area (Å²) < 4.78 is 0. The lowest BCUT2D eigenvalue weighted by molar-refractivity contribution is -0.145. The molecule has 130 valence electrons. The van der Waals surface area contributed by atoms with Crippen molar-refractivity contribution < 1.29 is 14.4 Å². The van der Waals surface area contributed by atoms with Crippen molar-refractivity contribution in [2.75, 3.05) is 13.1 Å². The van der Waals surface area contributed by atoms with Crippen LogP contribution in [-0.2, 0) is 14.4 Å². The molecule has 0 saturated carbocycles. The average molecular weight is 329 g/mol. The minimum atomic E-state index is -0.620. The van der Waals surface area contributed by atoms with Crippen LogP contribution < -0.4 is 0 Å². The van der Waals surface area contributed by atoms with Crippen LogP contribution in [0, 0.1) is 0 Å². The maximum Gasteiger partial charge on any atom is 0.290 e. The Morgan fingerprint density at radius 2 is 1.54 bits per heavy atom. The molecule has 0 bridgehead atoms. The van der Waals surface area contributed by atoms with Crippen LogP contribution in [0.25, 0.3) is 6.08 Å². The minimum Gasteiger partial charge on any atom is -0.336 e. The number of nitrogens with zero attached hydrogens (tertiary/aromatic N) is 1. The van der Waals surface area contributed by atoms with Crippen molar-refractivity contribution in [3.8, 4) is 0 Å². The molecule has 0 spiro atoms. The maximum atomic E-state index is 12.3. The molecule has 0 aliphatic rings. The summed E-state index contributed by atoms with van der Waals surface area (Å²) in [5.41, 5.74) is 0.886. The van der Waals surface area contributed by atoms with Crippen molar-refractivity contribution in [1.29, 1.82) is 0 Å². The highest BCUT2D eigenvalue weighted by molar-refractivity contribution is 6.39. The second-order valence-electron chi connectivity index (χ2n) is 5.81. The van der Waals surface area contributed by atoms with Crippen LogP contribution in [0.4, 0.5) is 0 Å². The molecule has 4 heteroatoms. The van der Waals surface area contributed by atoms with E-state index >= 15 is 0 Å². The number of Topliss-reactive ketones (excluding diaryl/α,β-unsaturated/α-hetero) is 1. The van der Waals surface area contributed by atoms with E-state index in [-0.39, 0.29) is 12.2 Å². The second kappa shape index (κ2) is 11.3. The van der Waals surface area contributed by atoms with Crippen molar-refractivity contribution in [3.63, 3.8) is 0 Å². The highest BCUT2D eigenvalue weighted by Crippen LogP contribution is 2.05. The Bertz CT molecular complexity index is 556. The summed E-state index contributed by atoms with van der Waals surface area (Å²) in [6.07, 6.45) is 6.31. The molecule has 0 aliphatic heterocycles. The minimum absolute atomic E-state index is 0.344. The van der Waals surface area contributed by atoms with E-state index in [1.165, 1.54) is 6.08 Å². The average Bonchev–Trinajstić information content (AvgIpc) is 2.60. The van der Waals surface area contributed by atoms with Crippen LogP contribution in [0.3, 0.4) is 0 Å². The number of allylic oxidation sites excluding steroid dienone is 1. The number of amides is 1. The molecule has 0 N–H and O–H groups in total. The van der Waals surface area contributed by atoms with Gasteiger partial charge in [0, 0.05) is 13.1 Å². The Kier molecular flexibility index (Phi) is 9.35. The van der Waals surface area contributed by atoms with E-state index in [0.29, 0.717) is 13.1 Å². The van der Waals surface area contributed by atoms with Crippen molar-refractivity contribution in [2.24, 2.45) is 0 Å². The lowest BCUT2D eigenvalue weighted by Gasteiger charge is -2.21. The van der Waals surface area contributed by atoms with Gasteiger partial charge in [-0.2, -0.15) is 0 Å². The molecule has 1 aromatic rings. The number of hydrogen-bond acceptors (Lipinski definition) is 3. The Labute approximate surface area is 144 Å². The number of benzene rings is 1. The number of carbonyl (C=O) groups excluding carboxylic acids is 3. The summed E-state index contributed by atoms with van der Waals surface area (Å²) in [7, 11) is 0. The van der Waals surface area contributed by atoms with Gasteiger partial charge in [-0.1, -0.05) is 63.1 Å². The lowest BCUT2D eigenvalue weighted by atomic mass is 10.1. The maximum absolute atomic E-state index is 12.3. The third-order valence-electron chi connectivity index (χ3n) is 3.68. The Morgan fingerprint density at radius 1 is 0.958 bits per heavy atom. The van der Waals surface area contributed by atoms with Crippen molar-refractivity contribution in [3.05, 3.63) is 42.0 Å². The molecule has 24 heavy (non-hydrogen) atoms. The van der Waals surface area contributed by atoms with Crippen LogP contribution in [0.1, 0.15) is 51.5 Å². The van der Waals surface area contributed by atoms with E-state index in [2.05, 4.69) is 0 Å². The van der Waals surface area contributed by atoms with Crippen LogP contribution in [0.2, 0.25) is 0 Å². The van der Waals surface area contributed by atoms with Crippen LogP contribution in [-0.4, -0.2) is 35.5 Å². The third kappa shape index (κ3) is 7.36. The molecule has 0 atom stereocenters. The number of rotatable bonds is 11. The summed E-state index contributed by atoms with van der Waals surface area (Å²) in [6.45, 7) is 5.24. The molecule has 0 aliphatic carbocycles. The van der Waals surface area contributed by atoms with Gasteiger partial charge in [0.15, 0.2) is 5.78 Å². The summed E-state index contributed by atoms with van der Waals surface area (Å²) in [5, 5.41) is 0. The van der Waals surface area contributed by atoms with E-state index < -0.39 is 11.7 Å². The lowest BCUT2D eigenvalue weighted by Crippen LogP contribution is -2.38. The SMILES string of the molecule is CCCCN(CCCC)C(=O)C(=O)CC(=O)/C=C\c1ccccc1.